The van der Waals surface area contributed by atoms with Crippen LogP contribution in [0.1, 0.15) is 21.5 Å². The summed E-state index contributed by atoms with van der Waals surface area (Å²) in [6.45, 7) is 0. The van der Waals surface area contributed by atoms with E-state index in [1.807, 2.05) is 0 Å². The molecule has 0 atom stereocenters. The number of hydrogen-bond donors (Lipinski definition) is 0. The van der Waals surface area contributed by atoms with E-state index in [9.17, 15) is 22.8 Å². The molecule has 0 aliphatic carbocycles. The standard InChI is InChI=1S/C12H8F3NO3S/c1-19-11(18)4-7-2-9(20-12(13,14)15)3-8(6-17)10(7)5-16/h2-3,6H,4H2,1H3. The fourth-order valence-electron chi connectivity index (χ4n) is 1.49. The second-order valence-electron chi connectivity index (χ2n) is 3.58. The zero-order chi connectivity index (χ0) is 15.3. The van der Waals surface area contributed by atoms with E-state index in [0.29, 0.717) is 0 Å². The summed E-state index contributed by atoms with van der Waals surface area (Å²) >= 11 is -0.422. The number of hydrogen-bond acceptors (Lipinski definition) is 5. The number of aldehydes is 1. The summed E-state index contributed by atoms with van der Waals surface area (Å²) in [6, 6.07) is 3.72. The maximum Gasteiger partial charge on any atom is 0.446 e. The summed E-state index contributed by atoms with van der Waals surface area (Å²) in [7, 11) is 1.11. The summed E-state index contributed by atoms with van der Waals surface area (Å²) < 4.78 is 41.4. The molecule has 8 heteroatoms. The molecule has 4 nitrogen and oxygen atoms in total. The Morgan fingerprint density at radius 3 is 2.60 bits per heavy atom. The number of thioether (sulfide) groups is 1. The number of halogens is 3. The molecule has 0 aliphatic heterocycles. The molecule has 0 heterocycles. The van der Waals surface area contributed by atoms with E-state index < -0.39 is 23.2 Å². The Hall–Kier alpha value is -2.01. The van der Waals surface area contributed by atoms with Crippen molar-refractivity contribution in [1.29, 1.82) is 5.26 Å². The van der Waals surface area contributed by atoms with Crippen LogP contribution in [0.2, 0.25) is 0 Å². The van der Waals surface area contributed by atoms with E-state index in [-0.39, 0.29) is 34.3 Å². The summed E-state index contributed by atoms with van der Waals surface area (Å²) in [5.74, 6) is -0.715. The lowest BCUT2D eigenvalue weighted by molar-refractivity contribution is -0.139. The van der Waals surface area contributed by atoms with Gasteiger partial charge >= 0.3 is 11.5 Å². The lowest BCUT2D eigenvalue weighted by atomic mass is 10.0. The van der Waals surface area contributed by atoms with E-state index in [2.05, 4.69) is 4.74 Å². The van der Waals surface area contributed by atoms with Gasteiger partial charge < -0.3 is 4.74 Å². The van der Waals surface area contributed by atoms with E-state index in [0.717, 1.165) is 19.2 Å². The zero-order valence-electron chi connectivity index (χ0n) is 10.2. The Bertz CT molecular complexity index is 579. The smallest absolute Gasteiger partial charge is 0.446 e. The molecule has 0 spiro atoms. The topological polar surface area (TPSA) is 67.2 Å². The van der Waals surface area contributed by atoms with Gasteiger partial charge in [0.2, 0.25) is 0 Å². The summed E-state index contributed by atoms with van der Waals surface area (Å²) in [5, 5.41) is 8.95. The molecule has 0 radical (unpaired) electrons. The second-order valence-corrected chi connectivity index (χ2v) is 4.72. The number of nitrogens with zero attached hydrogens (tertiary/aromatic N) is 1. The Kier molecular flexibility index (Phi) is 5.16. The van der Waals surface area contributed by atoms with Gasteiger partial charge in [0.05, 0.1) is 19.1 Å². The van der Waals surface area contributed by atoms with Gasteiger partial charge in [-0.25, -0.2) is 0 Å². The molecule has 0 amide bonds. The van der Waals surface area contributed by atoms with Crippen LogP contribution >= 0.6 is 11.8 Å². The first kappa shape index (κ1) is 16.0. The maximum atomic E-state index is 12.3. The average Bonchev–Trinajstić information content (AvgIpc) is 2.35. The Balaban J connectivity index is 3.31. The quantitative estimate of drug-likeness (QED) is 0.486. The highest BCUT2D eigenvalue weighted by molar-refractivity contribution is 8.00. The van der Waals surface area contributed by atoms with E-state index in [1.54, 1.807) is 6.07 Å². The predicted octanol–water partition coefficient (Wildman–Crippen LogP) is 2.70. The highest BCUT2D eigenvalue weighted by Gasteiger charge is 2.30. The number of benzene rings is 1. The predicted molar refractivity (Wildman–Crippen MR) is 64.2 cm³/mol. The fourth-order valence-corrected chi connectivity index (χ4v) is 2.14. The van der Waals surface area contributed by atoms with Crippen LogP contribution in [-0.4, -0.2) is 24.9 Å². The summed E-state index contributed by atoms with van der Waals surface area (Å²) in [5.41, 5.74) is -4.83. The van der Waals surface area contributed by atoms with Crippen molar-refractivity contribution in [3.63, 3.8) is 0 Å². The molecule has 0 saturated heterocycles. The third kappa shape index (κ3) is 4.28. The van der Waals surface area contributed by atoms with Gasteiger partial charge in [-0.1, -0.05) is 0 Å². The fraction of sp³-hybridized carbons (Fsp3) is 0.250. The molecule has 1 aromatic rings. The van der Waals surface area contributed by atoms with Crippen molar-refractivity contribution >= 4 is 24.0 Å². The molecule has 1 aromatic carbocycles. The van der Waals surface area contributed by atoms with Crippen LogP contribution in [0.25, 0.3) is 0 Å². The molecular formula is C12H8F3NO3S. The SMILES string of the molecule is COC(=O)Cc1cc(SC(F)(F)F)cc(C=O)c1C#N. The van der Waals surface area contributed by atoms with Gasteiger partial charge in [-0.05, 0) is 29.5 Å². The van der Waals surface area contributed by atoms with Gasteiger partial charge in [0, 0.05) is 10.5 Å². The minimum atomic E-state index is -4.53. The number of carbonyl (C=O) groups is 2. The molecular weight excluding hydrogens is 295 g/mol. The second kappa shape index (κ2) is 6.43. The van der Waals surface area contributed by atoms with Crippen LogP contribution in [0.15, 0.2) is 17.0 Å². The molecule has 0 fully saturated rings. The van der Waals surface area contributed by atoms with E-state index in [4.69, 9.17) is 5.26 Å². The van der Waals surface area contributed by atoms with Gasteiger partial charge in [-0.3, -0.25) is 9.59 Å². The van der Waals surface area contributed by atoms with E-state index >= 15 is 0 Å². The Morgan fingerprint density at radius 2 is 2.15 bits per heavy atom. The lowest BCUT2D eigenvalue weighted by Crippen LogP contribution is -2.08. The molecule has 0 bridgehead atoms. The third-order valence-electron chi connectivity index (χ3n) is 2.26. The summed E-state index contributed by atoms with van der Waals surface area (Å²) in [4.78, 5) is 21.8. The first-order chi connectivity index (χ1) is 9.30. The van der Waals surface area contributed by atoms with Gasteiger partial charge in [0.15, 0.2) is 6.29 Å². The van der Waals surface area contributed by atoms with Crippen molar-refractivity contribution < 1.29 is 27.5 Å². The van der Waals surface area contributed by atoms with Crippen LogP contribution in [-0.2, 0) is 16.0 Å². The third-order valence-corrected chi connectivity index (χ3v) is 2.96. The number of methoxy groups -OCH3 is 1. The number of carbonyl (C=O) groups excluding carboxylic acids is 2. The minimum absolute atomic E-state index is 0.0238. The Morgan fingerprint density at radius 1 is 1.50 bits per heavy atom. The first-order valence-electron chi connectivity index (χ1n) is 5.15. The number of ether oxygens (including phenoxy) is 1. The van der Waals surface area contributed by atoms with Crippen molar-refractivity contribution in [2.24, 2.45) is 0 Å². The highest BCUT2D eigenvalue weighted by Crippen LogP contribution is 2.38. The van der Waals surface area contributed by atoms with Crippen molar-refractivity contribution in [3.8, 4) is 6.07 Å². The van der Waals surface area contributed by atoms with Crippen molar-refractivity contribution in [3.05, 3.63) is 28.8 Å². The molecule has 1 rings (SSSR count). The Labute approximate surface area is 116 Å². The van der Waals surface area contributed by atoms with Crippen LogP contribution in [0.3, 0.4) is 0 Å². The van der Waals surface area contributed by atoms with Crippen LogP contribution < -0.4 is 0 Å². The molecule has 0 unspecified atom stereocenters. The molecule has 20 heavy (non-hydrogen) atoms. The molecule has 0 aliphatic rings. The normalized spacial score (nSPS) is 10.8. The average molecular weight is 303 g/mol. The van der Waals surface area contributed by atoms with Crippen molar-refractivity contribution in [2.45, 2.75) is 16.8 Å². The first-order valence-corrected chi connectivity index (χ1v) is 5.97. The number of esters is 1. The lowest BCUT2D eigenvalue weighted by Gasteiger charge is -2.10. The summed E-state index contributed by atoms with van der Waals surface area (Å²) in [6.07, 6.45) is -0.105. The molecule has 0 N–H and O–H groups in total. The van der Waals surface area contributed by atoms with Crippen molar-refractivity contribution in [2.75, 3.05) is 7.11 Å². The monoisotopic (exact) mass is 303 g/mol. The van der Waals surface area contributed by atoms with Gasteiger partial charge in [-0.15, -0.1) is 0 Å². The van der Waals surface area contributed by atoms with Crippen LogP contribution in [0, 0.1) is 11.3 Å². The molecule has 106 valence electrons. The van der Waals surface area contributed by atoms with Crippen molar-refractivity contribution in [1.82, 2.24) is 0 Å². The number of alkyl halides is 3. The van der Waals surface area contributed by atoms with Gasteiger partial charge in [0.25, 0.3) is 0 Å². The number of rotatable bonds is 4. The van der Waals surface area contributed by atoms with Crippen LogP contribution in [0.5, 0.6) is 0 Å². The highest BCUT2D eigenvalue weighted by atomic mass is 32.2. The minimum Gasteiger partial charge on any atom is -0.469 e. The number of nitriles is 1. The largest absolute Gasteiger partial charge is 0.469 e. The molecule has 0 saturated carbocycles. The zero-order valence-corrected chi connectivity index (χ0v) is 11.0. The maximum absolute atomic E-state index is 12.3. The van der Waals surface area contributed by atoms with Gasteiger partial charge in [-0.2, -0.15) is 18.4 Å². The van der Waals surface area contributed by atoms with Crippen LogP contribution in [0.4, 0.5) is 13.2 Å². The molecule has 0 aromatic heterocycles. The van der Waals surface area contributed by atoms with Gasteiger partial charge in [0.1, 0.15) is 6.07 Å². The van der Waals surface area contributed by atoms with E-state index in [1.165, 1.54) is 0 Å².